The molecule has 4 unspecified atom stereocenters. The molecule has 2 N–H and O–H groups in total. The van der Waals surface area contributed by atoms with Crippen molar-refractivity contribution >= 4 is 23.5 Å². The van der Waals surface area contributed by atoms with Crippen LogP contribution in [-0.2, 0) is 9.59 Å². The molecule has 6 heteroatoms. The lowest BCUT2D eigenvalue weighted by atomic mass is 9.96. The van der Waals surface area contributed by atoms with Crippen molar-refractivity contribution in [3.8, 4) is 0 Å². The smallest absolute Gasteiger partial charge is 0.306 e. The summed E-state index contributed by atoms with van der Waals surface area (Å²) in [5.74, 6) is 1.92. The Hall–Kier alpha value is -2.37. The highest BCUT2D eigenvalue weighted by molar-refractivity contribution is 5.97. The Morgan fingerprint density at radius 3 is 2.11 bits per heavy atom. The first-order valence-corrected chi connectivity index (χ1v) is 10.5. The van der Waals surface area contributed by atoms with Gasteiger partial charge in [-0.15, -0.1) is 0 Å². The lowest BCUT2D eigenvalue weighted by Crippen LogP contribution is -2.40. The molecule has 5 rings (SSSR count). The van der Waals surface area contributed by atoms with Crippen molar-refractivity contribution < 1.29 is 19.5 Å². The molecular weight excluding hydrogens is 356 g/mol. The number of anilines is 1. The summed E-state index contributed by atoms with van der Waals surface area (Å²) in [5, 5.41) is 12.1. The summed E-state index contributed by atoms with van der Waals surface area (Å²) >= 11 is 0. The maximum atomic E-state index is 12.6. The van der Waals surface area contributed by atoms with Gasteiger partial charge in [-0.05, 0) is 80.0 Å². The van der Waals surface area contributed by atoms with Gasteiger partial charge in [0.25, 0.3) is 5.91 Å². The van der Waals surface area contributed by atoms with Crippen LogP contribution in [-0.4, -0.2) is 40.9 Å². The second-order valence-electron chi connectivity index (χ2n) is 8.99. The molecule has 6 nitrogen and oxygen atoms in total. The SMILES string of the molecule is O=C(O)C1CCN(C(=O)c2ccc(NC(=O)C3C4C5CCC(C5)C34)cc2)CC1. The van der Waals surface area contributed by atoms with Gasteiger partial charge in [-0.2, -0.15) is 0 Å². The normalized spacial score (nSPS) is 33.4. The minimum Gasteiger partial charge on any atom is -0.481 e. The van der Waals surface area contributed by atoms with Crippen LogP contribution >= 0.6 is 0 Å². The van der Waals surface area contributed by atoms with Crippen molar-refractivity contribution in [2.75, 3.05) is 18.4 Å². The van der Waals surface area contributed by atoms with E-state index in [-0.39, 0.29) is 23.7 Å². The number of carbonyl (C=O) groups is 3. The average Bonchev–Trinajstić information content (AvgIpc) is 3.16. The molecule has 4 atom stereocenters. The lowest BCUT2D eigenvalue weighted by Gasteiger charge is -2.30. The summed E-state index contributed by atoms with van der Waals surface area (Å²) in [4.78, 5) is 38.0. The molecule has 0 radical (unpaired) electrons. The van der Waals surface area contributed by atoms with Crippen molar-refractivity contribution in [3.05, 3.63) is 29.8 Å². The van der Waals surface area contributed by atoms with E-state index in [9.17, 15) is 14.4 Å². The monoisotopic (exact) mass is 382 g/mol. The fraction of sp³-hybridized carbons (Fsp3) is 0.591. The highest BCUT2D eigenvalue weighted by Gasteiger charge is 2.67. The number of nitrogens with one attached hydrogen (secondary N) is 1. The van der Waals surface area contributed by atoms with Gasteiger partial charge in [0.15, 0.2) is 0 Å². The van der Waals surface area contributed by atoms with Gasteiger partial charge in [0.05, 0.1) is 5.92 Å². The fourth-order valence-corrected chi connectivity index (χ4v) is 6.11. The Kier molecular flexibility index (Phi) is 4.18. The van der Waals surface area contributed by atoms with Crippen molar-refractivity contribution in [3.63, 3.8) is 0 Å². The first-order valence-electron chi connectivity index (χ1n) is 10.5. The number of fused-ring (bicyclic) bond motifs is 5. The van der Waals surface area contributed by atoms with Crippen LogP contribution in [0, 0.1) is 35.5 Å². The highest BCUT2D eigenvalue weighted by atomic mass is 16.4. The van der Waals surface area contributed by atoms with Gasteiger partial charge in [-0.3, -0.25) is 14.4 Å². The van der Waals surface area contributed by atoms with Crippen LogP contribution < -0.4 is 5.32 Å². The molecule has 0 aromatic heterocycles. The lowest BCUT2D eigenvalue weighted by molar-refractivity contribution is -0.143. The van der Waals surface area contributed by atoms with E-state index >= 15 is 0 Å². The Labute approximate surface area is 164 Å². The summed E-state index contributed by atoms with van der Waals surface area (Å²) in [5.41, 5.74) is 1.32. The van der Waals surface area contributed by atoms with Crippen LogP contribution in [0.2, 0.25) is 0 Å². The topological polar surface area (TPSA) is 86.7 Å². The van der Waals surface area contributed by atoms with Gasteiger partial charge < -0.3 is 15.3 Å². The Morgan fingerprint density at radius 1 is 0.929 bits per heavy atom. The number of rotatable bonds is 4. The van der Waals surface area contributed by atoms with E-state index in [1.807, 2.05) is 0 Å². The molecule has 3 saturated carbocycles. The fourth-order valence-electron chi connectivity index (χ4n) is 6.11. The summed E-state index contributed by atoms with van der Waals surface area (Å²) in [6.07, 6.45) is 4.94. The van der Waals surface area contributed by atoms with Gasteiger partial charge in [0.1, 0.15) is 0 Å². The molecular formula is C22H26N2O4. The molecule has 2 bridgehead atoms. The van der Waals surface area contributed by atoms with Crippen LogP contribution in [0.4, 0.5) is 5.69 Å². The molecule has 4 fully saturated rings. The van der Waals surface area contributed by atoms with Crippen LogP contribution in [0.3, 0.4) is 0 Å². The second kappa shape index (κ2) is 6.61. The van der Waals surface area contributed by atoms with Crippen molar-refractivity contribution in [2.24, 2.45) is 35.5 Å². The van der Waals surface area contributed by atoms with E-state index in [4.69, 9.17) is 5.11 Å². The predicted molar refractivity (Wildman–Crippen MR) is 103 cm³/mol. The molecule has 4 aliphatic rings. The predicted octanol–water partition coefficient (Wildman–Crippen LogP) is 2.85. The number of carboxylic acids is 1. The molecule has 2 amide bonds. The summed E-state index contributed by atoms with van der Waals surface area (Å²) in [6.45, 7) is 0.947. The molecule has 1 aromatic rings. The van der Waals surface area contributed by atoms with Gasteiger partial charge >= 0.3 is 5.97 Å². The number of likely N-dealkylation sites (tertiary alicyclic amines) is 1. The minimum atomic E-state index is -0.778. The molecule has 1 saturated heterocycles. The number of carboxylic acid groups (broad SMARTS) is 1. The van der Waals surface area contributed by atoms with Crippen molar-refractivity contribution in [1.82, 2.24) is 4.90 Å². The van der Waals surface area contributed by atoms with Gasteiger partial charge in [-0.1, -0.05) is 0 Å². The van der Waals surface area contributed by atoms with Gasteiger partial charge in [-0.25, -0.2) is 0 Å². The number of amides is 2. The summed E-state index contributed by atoms with van der Waals surface area (Å²) in [7, 11) is 0. The number of hydrogen-bond acceptors (Lipinski definition) is 3. The third kappa shape index (κ3) is 2.90. The standard InChI is InChI=1S/C22H26N2O4/c25-20(19-17-14-1-2-15(11-14)18(17)19)23-16-5-3-12(4-6-16)21(26)24-9-7-13(8-10-24)22(27)28/h3-6,13-15,17-19H,1-2,7-11H2,(H,23,25)(H,27,28). The first kappa shape index (κ1) is 17.7. The Morgan fingerprint density at radius 2 is 1.54 bits per heavy atom. The van der Waals surface area contributed by atoms with Crippen LogP contribution in [0.25, 0.3) is 0 Å². The van der Waals surface area contributed by atoms with Gasteiger partial charge in [0.2, 0.25) is 5.91 Å². The van der Waals surface area contributed by atoms with Crippen LogP contribution in [0.1, 0.15) is 42.5 Å². The minimum absolute atomic E-state index is 0.0741. The Balaban J connectivity index is 1.17. The second-order valence-corrected chi connectivity index (χ2v) is 8.99. The summed E-state index contributed by atoms with van der Waals surface area (Å²) < 4.78 is 0. The third-order valence-corrected chi connectivity index (χ3v) is 7.57. The van der Waals surface area contributed by atoms with Crippen LogP contribution in [0.15, 0.2) is 24.3 Å². The molecule has 1 heterocycles. The van der Waals surface area contributed by atoms with E-state index < -0.39 is 5.97 Å². The zero-order valence-electron chi connectivity index (χ0n) is 15.8. The number of hydrogen-bond donors (Lipinski definition) is 2. The largest absolute Gasteiger partial charge is 0.481 e. The number of nitrogens with zero attached hydrogens (tertiary/aromatic N) is 1. The van der Waals surface area contributed by atoms with Crippen molar-refractivity contribution in [1.29, 1.82) is 0 Å². The summed E-state index contributed by atoms with van der Waals surface area (Å²) in [6, 6.07) is 7.08. The average molecular weight is 382 g/mol. The Bertz CT molecular complexity index is 796. The highest BCUT2D eigenvalue weighted by Crippen LogP contribution is 2.69. The molecule has 148 valence electrons. The quantitative estimate of drug-likeness (QED) is 0.838. The molecule has 0 spiro atoms. The number of carbonyl (C=O) groups excluding carboxylic acids is 2. The number of piperidine rings is 1. The van der Waals surface area contributed by atoms with E-state index in [0.29, 0.717) is 43.3 Å². The van der Waals surface area contributed by atoms with Crippen LogP contribution in [0.5, 0.6) is 0 Å². The molecule has 1 aliphatic heterocycles. The molecule has 28 heavy (non-hydrogen) atoms. The van der Waals surface area contributed by atoms with E-state index in [1.54, 1.807) is 29.2 Å². The molecule has 1 aromatic carbocycles. The maximum Gasteiger partial charge on any atom is 0.306 e. The maximum absolute atomic E-state index is 12.6. The number of benzene rings is 1. The zero-order valence-corrected chi connectivity index (χ0v) is 15.8. The van der Waals surface area contributed by atoms with Crippen molar-refractivity contribution in [2.45, 2.75) is 32.1 Å². The first-order chi connectivity index (χ1) is 13.5. The third-order valence-electron chi connectivity index (χ3n) is 7.57. The van der Waals surface area contributed by atoms with Gasteiger partial charge in [0, 0.05) is 30.3 Å². The van der Waals surface area contributed by atoms with E-state index in [0.717, 1.165) is 17.5 Å². The zero-order chi connectivity index (χ0) is 19.4. The van der Waals surface area contributed by atoms with E-state index in [1.165, 1.54) is 19.3 Å². The molecule has 3 aliphatic carbocycles. The number of aliphatic carboxylic acids is 1. The van der Waals surface area contributed by atoms with E-state index in [2.05, 4.69) is 5.32 Å².